The second-order valence-corrected chi connectivity index (χ2v) is 4.39. The lowest BCUT2D eigenvalue weighted by atomic mass is 10.0. The summed E-state index contributed by atoms with van der Waals surface area (Å²) in [5, 5.41) is 4.50. The minimum absolute atomic E-state index is 0.382. The Morgan fingerprint density at radius 1 is 1.00 bits per heavy atom. The van der Waals surface area contributed by atoms with Gasteiger partial charge in [0.1, 0.15) is 5.75 Å². The lowest BCUT2D eigenvalue weighted by Crippen LogP contribution is -2.09. The lowest BCUT2D eigenvalue weighted by Gasteiger charge is -2.10. The maximum atomic E-state index is 11.6. The van der Waals surface area contributed by atoms with E-state index in [9.17, 15) is 4.79 Å². The van der Waals surface area contributed by atoms with Crippen LogP contribution in [0, 0.1) is 20.9 Å². The zero-order valence-corrected chi connectivity index (χ0v) is 10.1. The molecule has 3 rings (SSSR count). The highest BCUT2D eigenvalue weighted by atomic mass is 16.5. The van der Waals surface area contributed by atoms with E-state index < -0.39 is 0 Å². The summed E-state index contributed by atoms with van der Waals surface area (Å²) in [5.74, 6) is 0.229. The minimum atomic E-state index is -0.382. The molecular weight excluding hydrogens is 224 g/mol. The van der Waals surface area contributed by atoms with E-state index in [1.165, 1.54) is 5.22 Å². The predicted octanol–water partition coefficient (Wildman–Crippen LogP) is 3.06. The number of fused-ring (bicyclic) bond motifs is 2. The van der Waals surface area contributed by atoms with Crippen molar-refractivity contribution in [1.82, 2.24) is 0 Å². The number of esters is 1. The van der Waals surface area contributed by atoms with Crippen LogP contribution in [0.1, 0.15) is 6.92 Å². The molecule has 0 saturated carbocycles. The van der Waals surface area contributed by atoms with E-state index in [-0.39, 0.29) is 5.97 Å². The second kappa shape index (κ2) is 3.84. The largest absolute Gasteiger partial charge is 0.423 e. The molecule has 0 spiro atoms. The van der Waals surface area contributed by atoms with Crippen LogP contribution < -0.4 is 4.74 Å². The summed E-state index contributed by atoms with van der Waals surface area (Å²) in [5.41, 5.74) is 0.403. The van der Waals surface area contributed by atoms with Crippen molar-refractivity contribution in [2.24, 2.45) is 0 Å². The van der Waals surface area contributed by atoms with Gasteiger partial charge < -0.3 is 4.74 Å². The smallest absolute Gasteiger partial charge is 0.338 e. The Bertz CT molecular complexity index is 847. The average molecular weight is 236 g/mol. The molecule has 88 valence electrons. The molecule has 2 nitrogen and oxygen atoms in total. The summed E-state index contributed by atoms with van der Waals surface area (Å²) in [6, 6.07) is 13.9. The number of hydrogen-bond donors (Lipinski definition) is 0. The first-order valence-electron chi connectivity index (χ1n) is 5.79. The van der Waals surface area contributed by atoms with Crippen LogP contribution in [-0.4, -0.2) is 5.97 Å². The van der Waals surface area contributed by atoms with Crippen LogP contribution in [0.15, 0.2) is 54.6 Å². The van der Waals surface area contributed by atoms with Gasteiger partial charge in [0.15, 0.2) is 0 Å². The van der Waals surface area contributed by atoms with E-state index in [1.807, 2.05) is 36.4 Å². The molecule has 0 heterocycles. The number of carbonyl (C=O) groups is 1. The number of benzene rings is 2. The van der Waals surface area contributed by atoms with Crippen molar-refractivity contribution in [3.8, 4) is 5.75 Å². The van der Waals surface area contributed by atoms with Gasteiger partial charge in [-0.25, -0.2) is 4.79 Å². The Hall–Kier alpha value is -2.35. The van der Waals surface area contributed by atoms with E-state index in [1.54, 1.807) is 6.92 Å². The fourth-order valence-corrected chi connectivity index (χ4v) is 2.18. The van der Waals surface area contributed by atoms with E-state index >= 15 is 0 Å². The minimum Gasteiger partial charge on any atom is -0.423 e. The highest BCUT2D eigenvalue weighted by Crippen LogP contribution is 2.22. The summed E-state index contributed by atoms with van der Waals surface area (Å²) >= 11 is 0. The van der Waals surface area contributed by atoms with Crippen molar-refractivity contribution in [2.45, 2.75) is 6.92 Å². The van der Waals surface area contributed by atoms with Gasteiger partial charge in [0.25, 0.3) is 0 Å². The van der Waals surface area contributed by atoms with E-state index in [2.05, 4.69) is 12.6 Å². The Kier molecular flexibility index (Phi) is 2.30. The predicted molar refractivity (Wildman–Crippen MR) is 68.7 cm³/mol. The van der Waals surface area contributed by atoms with Gasteiger partial charge in [0.05, 0.1) is 0 Å². The number of carbonyl (C=O) groups excluding carboxylic acids is 1. The Balaban J connectivity index is 2.22. The summed E-state index contributed by atoms with van der Waals surface area (Å²) < 4.78 is 5.36. The fourth-order valence-electron chi connectivity index (χ4n) is 2.18. The van der Waals surface area contributed by atoms with Crippen molar-refractivity contribution in [3.63, 3.8) is 0 Å². The Labute approximate surface area is 104 Å². The van der Waals surface area contributed by atoms with E-state index in [0.29, 0.717) is 11.3 Å². The Morgan fingerprint density at radius 3 is 2.39 bits per heavy atom. The second-order valence-electron chi connectivity index (χ2n) is 4.39. The topological polar surface area (TPSA) is 26.3 Å². The maximum Gasteiger partial charge on any atom is 0.338 e. The molecule has 0 saturated heterocycles. The standard InChI is InChI=1S/C16H12O2/c1-10(2)16(17)18-14-9-5-8-13-11-6-3-4-7-12(11)15(13)14/h3-9H,1H2,2H3. The van der Waals surface area contributed by atoms with Crippen LogP contribution >= 0.6 is 0 Å². The molecule has 2 aromatic carbocycles. The van der Waals surface area contributed by atoms with Gasteiger partial charge >= 0.3 is 5.97 Å². The van der Waals surface area contributed by atoms with Gasteiger partial charge in [-0.05, 0) is 28.6 Å². The van der Waals surface area contributed by atoms with Crippen LogP contribution in [0.2, 0.25) is 0 Å². The first-order valence-corrected chi connectivity index (χ1v) is 5.79. The molecule has 0 amide bonds. The molecule has 1 aliphatic carbocycles. The zero-order chi connectivity index (χ0) is 12.7. The summed E-state index contributed by atoms with van der Waals surface area (Å²) in [7, 11) is 0. The van der Waals surface area contributed by atoms with Crippen molar-refractivity contribution >= 4 is 5.97 Å². The molecular formula is C16H12O2. The average Bonchev–Trinajstić information content (AvgIpc) is 2.35. The van der Waals surface area contributed by atoms with Crippen molar-refractivity contribution < 1.29 is 9.53 Å². The monoisotopic (exact) mass is 236 g/mol. The van der Waals surface area contributed by atoms with Gasteiger partial charge in [-0.3, -0.25) is 0 Å². The number of ether oxygens (including phenoxy) is 1. The number of rotatable bonds is 2. The molecule has 18 heavy (non-hydrogen) atoms. The molecule has 0 N–H and O–H groups in total. The van der Waals surface area contributed by atoms with E-state index in [0.717, 1.165) is 15.7 Å². The quantitative estimate of drug-likeness (QED) is 0.388. The molecule has 2 aromatic rings. The van der Waals surface area contributed by atoms with E-state index in [4.69, 9.17) is 4.74 Å². The number of hydrogen-bond acceptors (Lipinski definition) is 2. The van der Waals surface area contributed by atoms with Gasteiger partial charge in [-0.15, -0.1) is 0 Å². The van der Waals surface area contributed by atoms with Crippen molar-refractivity contribution in [1.29, 1.82) is 0 Å². The zero-order valence-electron chi connectivity index (χ0n) is 10.1. The molecule has 0 fully saturated rings. The maximum absolute atomic E-state index is 11.6. The highest BCUT2D eigenvalue weighted by molar-refractivity contribution is 5.88. The first-order chi connectivity index (χ1) is 8.68. The third kappa shape index (κ3) is 1.46. The Morgan fingerprint density at radius 2 is 1.67 bits per heavy atom. The van der Waals surface area contributed by atoms with Gasteiger partial charge in [0, 0.05) is 10.8 Å². The third-order valence-electron chi connectivity index (χ3n) is 3.06. The van der Waals surface area contributed by atoms with Crippen molar-refractivity contribution in [3.05, 3.63) is 75.5 Å². The van der Waals surface area contributed by atoms with Gasteiger partial charge in [-0.1, -0.05) is 43.0 Å². The normalized spacial score (nSPS) is 10.9. The molecule has 1 aliphatic rings. The molecule has 0 bridgehead atoms. The van der Waals surface area contributed by atoms with Crippen LogP contribution in [0.4, 0.5) is 0 Å². The van der Waals surface area contributed by atoms with Crippen LogP contribution in [0.3, 0.4) is 0 Å². The lowest BCUT2D eigenvalue weighted by molar-refractivity contribution is -0.130. The summed E-state index contributed by atoms with van der Waals surface area (Å²) in [6.45, 7) is 5.24. The molecule has 0 aromatic heterocycles. The van der Waals surface area contributed by atoms with Crippen LogP contribution in [0.25, 0.3) is 0 Å². The molecule has 0 radical (unpaired) electrons. The van der Waals surface area contributed by atoms with Gasteiger partial charge in [0.2, 0.25) is 0 Å². The highest BCUT2D eigenvalue weighted by Gasteiger charge is 2.11. The first kappa shape index (κ1) is 10.8. The molecule has 0 unspecified atom stereocenters. The summed E-state index contributed by atoms with van der Waals surface area (Å²) in [4.78, 5) is 11.6. The molecule has 0 aliphatic heterocycles. The SMILES string of the molecule is C=C(C)C(=O)Oc1cccc2c1=c1ccccc1=2. The fraction of sp³-hybridized carbons (Fsp3) is 0.0625. The van der Waals surface area contributed by atoms with Crippen LogP contribution in [-0.2, 0) is 4.79 Å². The summed E-state index contributed by atoms with van der Waals surface area (Å²) in [6.07, 6.45) is 0. The molecule has 2 heteroatoms. The third-order valence-corrected chi connectivity index (χ3v) is 3.06. The van der Waals surface area contributed by atoms with Crippen LogP contribution in [0.5, 0.6) is 5.75 Å². The van der Waals surface area contributed by atoms with Crippen molar-refractivity contribution in [2.75, 3.05) is 0 Å². The molecule has 0 atom stereocenters. The van der Waals surface area contributed by atoms with Gasteiger partial charge in [-0.2, -0.15) is 0 Å².